The smallest absolute Gasteiger partial charge is 0.325 e. The highest BCUT2D eigenvalue weighted by Gasteiger charge is 2.32. The molecular formula is C40H65NO7. The molecule has 8 heteroatoms. The Kier molecular flexibility index (Phi) is 17.3. The van der Waals surface area contributed by atoms with Crippen LogP contribution in [0.3, 0.4) is 0 Å². The Labute approximate surface area is 290 Å². The number of fused-ring (bicyclic) bond motifs is 1. The van der Waals surface area contributed by atoms with Gasteiger partial charge in [0.25, 0.3) is 0 Å². The monoisotopic (exact) mass is 671 g/mol. The van der Waals surface area contributed by atoms with Crippen molar-refractivity contribution >= 4 is 17.9 Å². The highest BCUT2D eigenvalue weighted by molar-refractivity contribution is 5.77. The minimum absolute atomic E-state index is 0.000304. The van der Waals surface area contributed by atoms with E-state index < -0.39 is 11.9 Å². The van der Waals surface area contributed by atoms with Crippen LogP contribution >= 0.6 is 0 Å². The van der Waals surface area contributed by atoms with Crippen LogP contribution in [0.5, 0.6) is 11.5 Å². The van der Waals surface area contributed by atoms with Gasteiger partial charge in [-0.05, 0) is 113 Å². The van der Waals surface area contributed by atoms with Gasteiger partial charge in [0.2, 0.25) is 0 Å². The molecule has 1 aromatic rings. The molecule has 1 saturated carbocycles. The second-order valence-corrected chi connectivity index (χ2v) is 15.5. The first-order valence-corrected chi connectivity index (χ1v) is 19.1. The second-order valence-electron chi connectivity index (χ2n) is 15.5. The molecule has 1 N–H and O–H groups in total. The Morgan fingerprint density at radius 3 is 2.19 bits per heavy atom. The molecule has 0 radical (unpaired) electrons. The molecular weight excluding hydrogens is 606 g/mol. The fraction of sp³-hybridized carbons (Fsp3) is 0.775. The van der Waals surface area contributed by atoms with Gasteiger partial charge in [0.05, 0.1) is 19.4 Å². The third kappa shape index (κ3) is 16.2. The first kappa shape index (κ1) is 39.8. The lowest BCUT2D eigenvalue weighted by atomic mass is 9.86. The summed E-state index contributed by atoms with van der Waals surface area (Å²) in [7, 11) is 0. The molecule has 3 unspecified atom stereocenters. The van der Waals surface area contributed by atoms with Gasteiger partial charge in [-0.3, -0.25) is 14.4 Å². The number of nitrogens with one attached hydrogen (secondary N) is 1. The average molecular weight is 672 g/mol. The molecule has 1 aromatic carbocycles. The SMILES string of the molecule is Cc1cc2c(cc1OC(=O)CCCCCOC(=O)CCC(=O)ONC1CC1)CCC(C)(CCCC(C)CCCC(C)CCCC(C)C)O2. The summed E-state index contributed by atoms with van der Waals surface area (Å²) in [6, 6.07) is 4.27. The molecule has 0 saturated heterocycles. The molecule has 3 rings (SSSR count). The third-order valence-corrected chi connectivity index (χ3v) is 9.87. The predicted octanol–water partition coefficient (Wildman–Crippen LogP) is 9.52. The standard InChI is InChI=1S/C40H65NO7/c1-29(2)13-10-14-30(3)15-11-16-31(4)17-12-24-40(6)25-23-33-28-35(32(5)27-36(33)47-40)46-38(43)18-8-7-9-26-45-37(42)21-22-39(44)48-41-34-19-20-34/h27-31,34,41H,7-26H2,1-6H3. The summed E-state index contributed by atoms with van der Waals surface area (Å²) < 4.78 is 17.5. The van der Waals surface area contributed by atoms with E-state index in [0.717, 1.165) is 73.2 Å². The van der Waals surface area contributed by atoms with Crippen LogP contribution in [0.15, 0.2) is 12.1 Å². The van der Waals surface area contributed by atoms with Crippen molar-refractivity contribution in [2.75, 3.05) is 6.61 Å². The Hall–Kier alpha value is -2.61. The van der Waals surface area contributed by atoms with Gasteiger partial charge >= 0.3 is 17.9 Å². The van der Waals surface area contributed by atoms with Crippen molar-refractivity contribution in [1.29, 1.82) is 0 Å². The largest absolute Gasteiger partial charge is 0.487 e. The molecule has 0 spiro atoms. The van der Waals surface area contributed by atoms with E-state index in [1.807, 2.05) is 19.1 Å². The summed E-state index contributed by atoms with van der Waals surface area (Å²) >= 11 is 0. The summed E-state index contributed by atoms with van der Waals surface area (Å²) in [6.07, 6.45) is 17.8. The number of aryl methyl sites for hydroxylation is 2. The summed E-state index contributed by atoms with van der Waals surface area (Å²) in [4.78, 5) is 40.9. The normalized spacial score (nSPS) is 18.5. The van der Waals surface area contributed by atoms with Crippen LogP contribution in [-0.2, 0) is 30.4 Å². The number of hydroxylamine groups is 1. The number of ether oxygens (including phenoxy) is 3. The van der Waals surface area contributed by atoms with Crippen molar-refractivity contribution in [1.82, 2.24) is 5.48 Å². The molecule has 1 heterocycles. The van der Waals surface area contributed by atoms with E-state index >= 15 is 0 Å². The molecule has 2 aliphatic rings. The Bertz CT molecular complexity index is 1150. The van der Waals surface area contributed by atoms with Gasteiger partial charge in [-0.1, -0.05) is 72.6 Å². The summed E-state index contributed by atoms with van der Waals surface area (Å²) in [6.45, 7) is 13.9. The molecule has 272 valence electrons. The highest BCUT2D eigenvalue weighted by atomic mass is 16.7. The number of unbranched alkanes of at least 4 members (excludes halogenated alkanes) is 2. The Morgan fingerprint density at radius 2 is 1.50 bits per heavy atom. The second kappa shape index (κ2) is 20.8. The van der Waals surface area contributed by atoms with Gasteiger partial charge in [-0.2, -0.15) is 5.48 Å². The maximum Gasteiger partial charge on any atom is 0.325 e. The van der Waals surface area contributed by atoms with Gasteiger partial charge in [0.15, 0.2) is 0 Å². The molecule has 48 heavy (non-hydrogen) atoms. The lowest BCUT2D eigenvalue weighted by Gasteiger charge is -2.36. The van der Waals surface area contributed by atoms with Crippen LogP contribution in [0.2, 0.25) is 0 Å². The lowest BCUT2D eigenvalue weighted by Crippen LogP contribution is -2.36. The fourth-order valence-corrected chi connectivity index (χ4v) is 6.38. The van der Waals surface area contributed by atoms with Crippen LogP contribution in [0.4, 0.5) is 0 Å². The van der Waals surface area contributed by atoms with Crippen LogP contribution in [0.25, 0.3) is 0 Å². The van der Waals surface area contributed by atoms with E-state index in [0.29, 0.717) is 25.0 Å². The zero-order valence-corrected chi connectivity index (χ0v) is 31.0. The summed E-state index contributed by atoms with van der Waals surface area (Å²) in [5, 5.41) is 0. The van der Waals surface area contributed by atoms with Gasteiger partial charge in [-0.15, -0.1) is 0 Å². The molecule has 0 bridgehead atoms. The van der Waals surface area contributed by atoms with Crippen molar-refractivity contribution in [2.24, 2.45) is 17.8 Å². The third-order valence-electron chi connectivity index (χ3n) is 9.87. The van der Waals surface area contributed by atoms with Crippen LogP contribution in [-0.4, -0.2) is 36.2 Å². The van der Waals surface area contributed by atoms with Gasteiger partial charge < -0.3 is 19.0 Å². The highest BCUT2D eigenvalue weighted by Crippen LogP contribution is 2.39. The number of rotatable bonds is 24. The van der Waals surface area contributed by atoms with Crippen molar-refractivity contribution in [3.05, 3.63) is 23.3 Å². The lowest BCUT2D eigenvalue weighted by molar-refractivity contribution is -0.155. The number of hydrogen-bond acceptors (Lipinski definition) is 8. The first-order chi connectivity index (χ1) is 22.9. The molecule has 8 nitrogen and oxygen atoms in total. The van der Waals surface area contributed by atoms with Crippen molar-refractivity contribution in [3.8, 4) is 11.5 Å². The Morgan fingerprint density at radius 1 is 0.833 bits per heavy atom. The number of carbonyl (C=O) groups is 3. The van der Waals surface area contributed by atoms with Crippen molar-refractivity contribution < 1.29 is 33.4 Å². The van der Waals surface area contributed by atoms with Crippen molar-refractivity contribution in [2.45, 2.75) is 175 Å². The van der Waals surface area contributed by atoms with E-state index in [2.05, 4.69) is 40.1 Å². The van der Waals surface area contributed by atoms with Crippen molar-refractivity contribution in [3.63, 3.8) is 0 Å². The number of hydrogen-bond donors (Lipinski definition) is 1. The minimum atomic E-state index is -0.452. The Balaban J connectivity index is 1.27. The molecule has 3 atom stereocenters. The number of esters is 2. The number of carbonyl (C=O) groups excluding carboxylic acids is 3. The van der Waals surface area contributed by atoms with E-state index in [4.69, 9.17) is 19.0 Å². The van der Waals surface area contributed by atoms with Gasteiger partial charge in [0, 0.05) is 12.5 Å². The first-order valence-electron chi connectivity index (χ1n) is 19.1. The molecule has 1 aliphatic carbocycles. The number of benzene rings is 1. The molecule has 1 aliphatic heterocycles. The zero-order chi connectivity index (χ0) is 34.9. The van der Waals surface area contributed by atoms with E-state index in [1.165, 1.54) is 51.4 Å². The quantitative estimate of drug-likeness (QED) is 0.0502. The van der Waals surface area contributed by atoms with E-state index in [-0.39, 0.29) is 37.1 Å². The fourth-order valence-electron chi connectivity index (χ4n) is 6.38. The summed E-state index contributed by atoms with van der Waals surface area (Å²) in [5.41, 5.74) is 4.51. The zero-order valence-electron chi connectivity index (χ0n) is 31.0. The van der Waals surface area contributed by atoms with E-state index in [1.54, 1.807) is 0 Å². The molecule has 1 fully saturated rings. The average Bonchev–Trinajstić information content (AvgIpc) is 3.86. The maximum absolute atomic E-state index is 12.6. The topological polar surface area (TPSA) is 100 Å². The maximum atomic E-state index is 12.6. The van der Waals surface area contributed by atoms with Crippen LogP contribution in [0, 0.1) is 24.7 Å². The van der Waals surface area contributed by atoms with Crippen LogP contribution < -0.4 is 15.0 Å². The van der Waals surface area contributed by atoms with Gasteiger partial charge in [0.1, 0.15) is 17.1 Å². The van der Waals surface area contributed by atoms with Crippen LogP contribution in [0.1, 0.15) is 161 Å². The summed E-state index contributed by atoms with van der Waals surface area (Å²) in [5.74, 6) is 2.82. The van der Waals surface area contributed by atoms with E-state index in [9.17, 15) is 14.4 Å². The minimum Gasteiger partial charge on any atom is -0.487 e. The molecule has 0 aromatic heterocycles. The predicted molar refractivity (Wildman–Crippen MR) is 190 cm³/mol. The van der Waals surface area contributed by atoms with Gasteiger partial charge in [-0.25, -0.2) is 0 Å². The molecule has 0 amide bonds.